The fraction of sp³-hybridized carbons (Fsp3) is 0.238. The number of benzene rings is 2. The van der Waals surface area contributed by atoms with E-state index in [0.29, 0.717) is 23.7 Å². The number of anilines is 1. The molecule has 2 aromatic heterocycles. The van der Waals surface area contributed by atoms with Crippen LogP contribution in [0.5, 0.6) is 5.88 Å². The number of thiazole rings is 1. The number of hydrogen-bond donors (Lipinski definition) is 1. The Morgan fingerprint density at radius 3 is 2.41 bits per heavy atom. The van der Waals surface area contributed by atoms with Crippen LogP contribution in [-0.2, 0) is 0 Å². The van der Waals surface area contributed by atoms with Crippen LogP contribution in [0.2, 0.25) is 0 Å². The average molecular weight is 409 g/mol. The van der Waals surface area contributed by atoms with Gasteiger partial charge in [0.2, 0.25) is 10.8 Å². The Bertz CT molecular complexity index is 1120. The maximum absolute atomic E-state index is 14.2. The molecule has 0 radical (unpaired) electrons. The van der Waals surface area contributed by atoms with Gasteiger partial charge in [0.25, 0.3) is 0 Å². The minimum Gasteiger partial charge on any atom is -0.492 e. The van der Waals surface area contributed by atoms with E-state index in [2.05, 4.69) is 32.0 Å². The second-order valence-electron chi connectivity index (χ2n) is 7.03. The minimum atomic E-state index is -0.191. The largest absolute Gasteiger partial charge is 0.492 e. The highest BCUT2D eigenvalue weighted by molar-refractivity contribution is 7.17. The Morgan fingerprint density at radius 1 is 0.966 bits per heavy atom. The topological polar surface area (TPSA) is 56.9 Å². The summed E-state index contributed by atoms with van der Waals surface area (Å²) >= 11 is 1.45. The number of fused-ring (bicyclic) bond motifs is 1. The maximum atomic E-state index is 14.2. The van der Waals surface area contributed by atoms with Crippen molar-refractivity contribution < 1.29 is 9.50 Å². The highest BCUT2D eigenvalue weighted by atomic mass is 32.1. The SMILES string of the molecule is Oc1c(C(c2ccccc2)N2CCN(c3ccccc3F)CC2)sc2ncnn12. The van der Waals surface area contributed by atoms with Gasteiger partial charge in [-0.25, -0.2) is 9.37 Å². The summed E-state index contributed by atoms with van der Waals surface area (Å²) in [6, 6.07) is 16.9. The van der Waals surface area contributed by atoms with Crippen molar-refractivity contribution in [1.82, 2.24) is 19.5 Å². The fourth-order valence-electron chi connectivity index (χ4n) is 3.96. The molecular formula is C21H20FN5OS. The molecule has 3 heterocycles. The second-order valence-corrected chi connectivity index (χ2v) is 8.04. The molecule has 5 rings (SSSR count). The van der Waals surface area contributed by atoms with Crippen molar-refractivity contribution in [2.45, 2.75) is 6.04 Å². The normalized spacial score (nSPS) is 16.4. The Balaban J connectivity index is 1.46. The molecule has 0 saturated carbocycles. The molecule has 1 unspecified atom stereocenters. The van der Waals surface area contributed by atoms with Gasteiger partial charge in [0.05, 0.1) is 16.6 Å². The molecule has 1 atom stereocenters. The van der Waals surface area contributed by atoms with Gasteiger partial charge in [0.15, 0.2) is 0 Å². The van der Waals surface area contributed by atoms with E-state index in [9.17, 15) is 9.50 Å². The van der Waals surface area contributed by atoms with Gasteiger partial charge in [-0.1, -0.05) is 53.8 Å². The Kier molecular flexibility index (Phi) is 4.65. The molecule has 148 valence electrons. The highest BCUT2D eigenvalue weighted by Gasteiger charge is 2.31. The standard InChI is InChI=1S/C21H20FN5OS/c22-16-8-4-5-9-17(16)25-10-12-26(13-11-25)18(15-6-2-1-3-7-15)19-20(28)27-21(29-19)23-14-24-27/h1-9,14,18,28H,10-13H2. The fourth-order valence-corrected chi connectivity index (χ4v) is 5.06. The van der Waals surface area contributed by atoms with Crippen molar-refractivity contribution in [3.63, 3.8) is 0 Å². The molecule has 6 nitrogen and oxygen atoms in total. The number of piperazine rings is 1. The molecule has 4 aromatic rings. The maximum Gasteiger partial charge on any atom is 0.230 e. The van der Waals surface area contributed by atoms with E-state index in [-0.39, 0.29) is 17.7 Å². The lowest BCUT2D eigenvalue weighted by Crippen LogP contribution is -2.48. The predicted molar refractivity (Wildman–Crippen MR) is 111 cm³/mol. The summed E-state index contributed by atoms with van der Waals surface area (Å²) in [7, 11) is 0. The lowest BCUT2D eigenvalue weighted by molar-refractivity contribution is 0.210. The number of aromatic nitrogens is 3. The van der Waals surface area contributed by atoms with Gasteiger partial charge < -0.3 is 10.0 Å². The third kappa shape index (κ3) is 3.24. The van der Waals surface area contributed by atoms with Gasteiger partial charge in [-0.3, -0.25) is 4.90 Å². The first kappa shape index (κ1) is 18.1. The molecule has 1 aliphatic rings. The van der Waals surface area contributed by atoms with E-state index in [1.54, 1.807) is 6.07 Å². The van der Waals surface area contributed by atoms with Crippen molar-refractivity contribution in [3.05, 3.63) is 77.2 Å². The molecule has 29 heavy (non-hydrogen) atoms. The van der Waals surface area contributed by atoms with Crippen molar-refractivity contribution >= 4 is 22.0 Å². The highest BCUT2D eigenvalue weighted by Crippen LogP contribution is 2.40. The van der Waals surface area contributed by atoms with E-state index in [1.165, 1.54) is 28.2 Å². The number of rotatable bonds is 4. The number of halogens is 1. The molecule has 8 heteroatoms. The van der Waals surface area contributed by atoms with Crippen LogP contribution in [0.4, 0.5) is 10.1 Å². The summed E-state index contributed by atoms with van der Waals surface area (Å²) in [4.78, 5) is 10.1. The van der Waals surface area contributed by atoms with Crippen LogP contribution in [0.15, 0.2) is 60.9 Å². The molecule has 0 amide bonds. The van der Waals surface area contributed by atoms with E-state index in [4.69, 9.17) is 0 Å². The van der Waals surface area contributed by atoms with Crippen LogP contribution in [0.1, 0.15) is 16.5 Å². The molecule has 1 fully saturated rings. The van der Waals surface area contributed by atoms with E-state index in [0.717, 1.165) is 23.5 Å². The van der Waals surface area contributed by atoms with Gasteiger partial charge in [-0.2, -0.15) is 9.61 Å². The smallest absolute Gasteiger partial charge is 0.230 e. The second kappa shape index (κ2) is 7.46. The summed E-state index contributed by atoms with van der Waals surface area (Å²) in [5.41, 5.74) is 1.75. The van der Waals surface area contributed by atoms with Crippen LogP contribution in [0.3, 0.4) is 0 Å². The first-order chi connectivity index (χ1) is 14.2. The monoisotopic (exact) mass is 409 g/mol. The van der Waals surface area contributed by atoms with Crippen LogP contribution >= 0.6 is 11.3 Å². The molecule has 1 aliphatic heterocycles. The molecule has 1 N–H and O–H groups in total. The van der Waals surface area contributed by atoms with Crippen molar-refractivity contribution in [3.8, 4) is 5.88 Å². The average Bonchev–Trinajstić information content (AvgIpc) is 3.34. The summed E-state index contributed by atoms with van der Waals surface area (Å²) in [6.07, 6.45) is 1.44. The van der Waals surface area contributed by atoms with E-state index < -0.39 is 0 Å². The lowest BCUT2D eigenvalue weighted by atomic mass is 10.0. The number of nitrogens with zero attached hydrogens (tertiary/aromatic N) is 5. The van der Waals surface area contributed by atoms with Crippen molar-refractivity contribution in [2.75, 3.05) is 31.1 Å². The van der Waals surface area contributed by atoms with Crippen molar-refractivity contribution in [2.24, 2.45) is 0 Å². The number of aromatic hydroxyl groups is 1. The number of para-hydroxylation sites is 1. The summed E-state index contributed by atoms with van der Waals surface area (Å²) in [6.45, 7) is 2.93. The molecular weight excluding hydrogens is 389 g/mol. The van der Waals surface area contributed by atoms with Gasteiger partial charge in [-0.15, -0.1) is 0 Å². The van der Waals surface area contributed by atoms with Gasteiger partial charge >= 0.3 is 0 Å². The van der Waals surface area contributed by atoms with Crippen LogP contribution in [-0.4, -0.2) is 50.8 Å². The van der Waals surface area contributed by atoms with Crippen LogP contribution in [0, 0.1) is 5.82 Å². The first-order valence-electron chi connectivity index (χ1n) is 9.52. The Labute approximate surface area is 171 Å². The van der Waals surface area contributed by atoms with Crippen LogP contribution < -0.4 is 4.90 Å². The quantitative estimate of drug-likeness (QED) is 0.559. The third-order valence-corrected chi connectivity index (χ3v) is 6.46. The molecule has 0 bridgehead atoms. The zero-order chi connectivity index (χ0) is 19.8. The third-order valence-electron chi connectivity index (χ3n) is 5.37. The molecule has 0 aliphatic carbocycles. The van der Waals surface area contributed by atoms with Gasteiger partial charge in [-0.05, 0) is 17.7 Å². The molecule has 1 saturated heterocycles. The Hall–Kier alpha value is -2.97. The van der Waals surface area contributed by atoms with Gasteiger partial charge in [0.1, 0.15) is 12.1 Å². The zero-order valence-electron chi connectivity index (χ0n) is 15.6. The van der Waals surface area contributed by atoms with E-state index >= 15 is 0 Å². The zero-order valence-corrected chi connectivity index (χ0v) is 16.5. The Morgan fingerprint density at radius 2 is 1.69 bits per heavy atom. The molecule has 0 spiro atoms. The molecule has 2 aromatic carbocycles. The number of hydrogen-bond acceptors (Lipinski definition) is 6. The summed E-state index contributed by atoms with van der Waals surface area (Å²) < 4.78 is 15.7. The predicted octanol–water partition coefficient (Wildman–Crippen LogP) is 3.55. The summed E-state index contributed by atoms with van der Waals surface area (Å²) in [5, 5.41) is 14.9. The van der Waals surface area contributed by atoms with Crippen LogP contribution in [0.25, 0.3) is 4.96 Å². The summed E-state index contributed by atoms with van der Waals surface area (Å²) in [5.74, 6) is -0.0587. The first-order valence-corrected chi connectivity index (χ1v) is 10.3. The van der Waals surface area contributed by atoms with E-state index in [1.807, 2.05) is 30.3 Å². The lowest BCUT2D eigenvalue weighted by Gasteiger charge is -2.40. The minimum absolute atomic E-state index is 0.104. The van der Waals surface area contributed by atoms with Crippen molar-refractivity contribution in [1.29, 1.82) is 0 Å². The van der Waals surface area contributed by atoms with Gasteiger partial charge in [0, 0.05) is 26.2 Å².